The van der Waals surface area contributed by atoms with Crippen molar-refractivity contribution in [2.45, 2.75) is 0 Å². The van der Waals surface area contributed by atoms with Crippen molar-refractivity contribution < 1.29 is 0 Å². The van der Waals surface area contributed by atoms with Crippen LogP contribution in [0.4, 0.5) is 0 Å². The second-order valence-electron chi connectivity index (χ2n) is 3.10. The molecular formula is C11H7N3. The summed E-state index contributed by atoms with van der Waals surface area (Å²) in [4.78, 5) is 12.5. The van der Waals surface area contributed by atoms with Crippen LogP contribution in [0.25, 0.3) is 21.8 Å². The molecule has 14 heavy (non-hydrogen) atoms. The molecule has 0 radical (unpaired) electrons. The van der Waals surface area contributed by atoms with Gasteiger partial charge in [0.15, 0.2) is 0 Å². The highest BCUT2D eigenvalue weighted by molar-refractivity contribution is 6.02. The van der Waals surface area contributed by atoms with Gasteiger partial charge in [0.25, 0.3) is 0 Å². The molecular weight excluding hydrogens is 174 g/mol. The number of pyridine rings is 1. The SMILES string of the molecule is c1ccc2c(c1)cnc1cncnc12. The lowest BCUT2D eigenvalue weighted by Gasteiger charge is -1.99. The third kappa shape index (κ3) is 0.956. The van der Waals surface area contributed by atoms with E-state index in [-0.39, 0.29) is 0 Å². The smallest absolute Gasteiger partial charge is 0.116 e. The highest BCUT2D eigenvalue weighted by Crippen LogP contribution is 2.19. The quantitative estimate of drug-likeness (QED) is 0.499. The van der Waals surface area contributed by atoms with Crippen LogP contribution < -0.4 is 0 Å². The number of benzene rings is 1. The first-order chi connectivity index (χ1) is 6.95. The first-order valence-electron chi connectivity index (χ1n) is 4.38. The lowest BCUT2D eigenvalue weighted by atomic mass is 10.1. The highest BCUT2D eigenvalue weighted by atomic mass is 14.8. The Kier molecular flexibility index (Phi) is 1.44. The Labute approximate surface area is 80.5 Å². The normalized spacial score (nSPS) is 10.9. The van der Waals surface area contributed by atoms with Crippen molar-refractivity contribution in [1.82, 2.24) is 15.0 Å². The largest absolute Gasteiger partial charge is 0.252 e. The first-order valence-corrected chi connectivity index (χ1v) is 4.38. The Morgan fingerprint density at radius 3 is 2.86 bits per heavy atom. The Morgan fingerprint density at radius 1 is 0.929 bits per heavy atom. The summed E-state index contributed by atoms with van der Waals surface area (Å²) in [6.45, 7) is 0. The van der Waals surface area contributed by atoms with E-state index in [9.17, 15) is 0 Å². The molecule has 0 fully saturated rings. The summed E-state index contributed by atoms with van der Waals surface area (Å²) in [7, 11) is 0. The summed E-state index contributed by atoms with van der Waals surface area (Å²) in [5.41, 5.74) is 1.75. The van der Waals surface area contributed by atoms with Crippen molar-refractivity contribution >= 4 is 21.8 Å². The summed E-state index contributed by atoms with van der Waals surface area (Å²) < 4.78 is 0. The zero-order chi connectivity index (χ0) is 9.38. The van der Waals surface area contributed by atoms with Crippen molar-refractivity contribution in [3.05, 3.63) is 43.0 Å². The van der Waals surface area contributed by atoms with Gasteiger partial charge in [0.05, 0.1) is 11.7 Å². The van der Waals surface area contributed by atoms with Crippen LogP contribution in [0.15, 0.2) is 43.0 Å². The minimum Gasteiger partial charge on any atom is -0.252 e. The number of fused-ring (bicyclic) bond motifs is 3. The van der Waals surface area contributed by atoms with Crippen molar-refractivity contribution in [3.8, 4) is 0 Å². The maximum atomic E-state index is 4.28. The van der Waals surface area contributed by atoms with E-state index in [0.717, 1.165) is 21.8 Å². The molecule has 0 saturated heterocycles. The third-order valence-electron chi connectivity index (χ3n) is 2.25. The molecule has 0 aliphatic carbocycles. The van der Waals surface area contributed by atoms with E-state index in [0.29, 0.717) is 0 Å². The van der Waals surface area contributed by atoms with E-state index in [4.69, 9.17) is 0 Å². The van der Waals surface area contributed by atoms with Gasteiger partial charge in [0.1, 0.15) is 11.8 Å². The number of rotatable bonds is 0. The summed E-state index contributed by atoms with van der Waals surface area (Å²) in [5, 5.41) is 2.23. The number of hydrogen-bond donors (Lipinski definition) is 0. The fourth-order valence-corrected chi connectivity index (χ4v) is 1.59. The molecule has 2 heterocycles. The summed E-state index contributed by atoms with van der Waals surface area (Å²) in [6, 6.07) is 8.08. The lowest BCUT2D eigenvalue weighted by Crippen LogP contribution is -1.85. The molecule has 3 aromatic rings. The van der Waals surface area contributed by atoms with Gasteiger partial charge in [-0.25, -0.2) is 9.97 Å². The number of hydrogen-bond acceptors (Lipinski definition) is 3. The van der Waals surface area contributed by atoms with Gasteiger partial charge in [-0.3, -0.25) is 4.98 Å². The van der Waals surface area contributed by atoms with E-state index >= 15 is 0 Å². The predicted molar refractivity (Wildman–Crippen MR) is 54.8 cm³/mol. The van der Waals surface area contributed by atoms with Crippen LogP contribution in [0.5, 0.6) is 0 Å². The second-order valence-corrected chi connectivity index (χ2v) is 3.10. The van der Waals surface area contributed by atoms with E-state index in [2.05, 4.69) is 15.0 Å². The Balaban J connectivity index is 2.61. The van der Waals surface area contributed by atoms with E-state index in [1.165, 1.54) is 0 Å². The van der Waals surface area contributed by atoms with Crippen LogP contribution in [0.2, 0.25) is 0 Å². The van der Waals surface area contributed by atoms with Gasteiger partial charge >= 0.3 is 0 Å². The highest BCUT2D eigenvalue weighted by Gasteiger charge is 2.00. The summed E-state index contributed by atoms with van der Waals surface area (Å²) >= 11 is 0. The van der Waals surface area contributed by atoms with E-state index < -0.39 is 0 Å². The van der Waals surface area contributed by atoms with Gasteiger partial charge in [0, 0.05) is 17.0 Å². The standard InChI is InChI=1S/C11H7N3/c1-2-4-9-8(3-1)5-13-10-6-12-7-14-11(9)10/h1-7H. The number of aromatic nitrogens is 3. The monoisotopic (exact) mass is 181 g/mol. The minimum absolute atomic E-state index is 0.839. The van der Waals surface area contributed by atoms with Crippen LogP contribution in [-0.2, 0) is 0 Å². The van der Waals surface area contributed by atoms with E-state index in [1.807, 2.05) is 30.5 Å². The van der Waals surface area contributed by atoms with Crippen LogP contribution >= 0.6 is 0 Å². The topological polar surface area (TPSA) is 38.7 Å². The third-order valence-corrected chi connectivity index (χ3v) is 2.25. The molecule has 0 saturated carbocycles. The molecule has 2 aromatic heterocycles. The summed E-state index contributed by atoms with van der Waals surface area (Å²) in [6.07, 6.45) is 5.13. The molecule has 0 spiro atoms. The van der Waals surface area contributed by atoms with Crippen LogP contribution in [0.1, 0.15) is 0 Å². The Morgan fingerprint density at radius 2 is 1.86 bits per heavy atom. The Bertz CT molecular complexity index is 550. The zero-order valence-corrected chi connectivity index (χ0v) is 7.38. The van der Waals surface area contributed by atoms with Crippen molar-refractivity contribution in [3.63, 3.8) is 0 Å². The molecule has 66 valence electrons. The van der Waals surface area contributed by atoms with Gasteiger partial charge in [-0.05, 0) is 0 Å². The fraction of sp³-hybridized carbons (Fsp3) is 0. The van der Waals surface area contributed by atoms with Gasteiger partial charge in [-0.2, -0.15) is 0 Å². The molecule has 0 unspecified atom stereocenters. The molecule has 0 atom stereocenters. The van der Waals surface area contributed by atoms with Gasteiger partial charge in [0.2, 0.25) is 0 Å². The molecule has 3 rings (SSSR count). The molecule has 3 nitrogen and oxygen atoms in total. The fourth-order valence-electron chi connectivity index (χ4n) is 1.59. The second kappa shape index (κ2) is 2.73. The van der Waals surface area contributed by atoms with Gasteiger partial charge in [-0.15, -0.1) is 0 Å². The minimum atomic E-state index is 0.839. The van der Waals surface area contributed by atoms with Crippen LogP contribution in [-0.4, -0.2) is 15.0 Å². The maximum Gasteiger partial charge on any atom is 0.116 e. The van der Waals surface area contributed by atoms with Crippen molar-refractivity contribution in [2.24, 2.45) is 0 Å². The van der Waals surface area contributed by atoms with Crippen molar-refractivity contribution in [1.29, 1.82) is 0 Å². The predicted octanol–water partition coefficient (Wildman–Crippen LogP) is 2.18. The first kappa shape index (κ1) is 7.38. The lowest BCUT2D eigenvalue weighted by molar-refractivity contribution is 1.21. The average Bonchev–Trinajstić information content (AvgIpc) is 2.29. The maximum absolute atomic E-state index is 4.28. The molecule has 0 amide bonds. The molecule has 3 heteroatoms. The zero-order valence-electron chi connectivity index (χ0n) is 7.38. The van der Waals surface area contributed by atoms with E-state index in [1.54, 1.807) is 12.5 Å². The molecule has 1 aromatic carbocycles. The number of nitrogens with zero attached hydrogens (tertiary/aromatic N) is 3. The molecule has 0 N–H and O–H groups in total. The van der Waals surface area contributed by atoms with Crippen molar-refractivity contribution in [2.75, 3.05) is 0 Å². The molecule has 0 aliphatic rings. The molecule has 0 bridgehead atoms. The van der Waals surface area contributed by atoms with Crippen LogP contribution in [0.3, 0.4) is 0 Å². The Hall–Kier alpha value is -2.03. The summed E-state index contributed by atoms with van der Waals surface area (Å²) in [5.74, 6) is 0. The molecule has 0 aliphatic heterocycles. The van der Waals surface area contributed by atoms with Crippen LogP contribution in [0, 0.1) is 0 Å². The van der Waals surface area contributed by atoms with Gasteiger partial charge in [-0.1, -0.05) is 24.3 Å². The average molecular weight is 181 g/mol. The van der Waals surface area contributed by atoms with Gasteiger partial charge < -0.3 is 0 Å².